The van der Waals surface area contributed by atoms with Gasteiger partial charge in [0.2, 0.25) is 6.79 Å². The number of anilines is 1. The fraction of sp³-hybridized carbons (Fsp3) is 0.226. The van der Waals surface area contributed by atoms with Gasteiger partial charge >= 0.3 is 0 Å². The van der Waals surface area contributed by atoms with Crippen LogP contribution in [0.15, 0.2) is 66.7 Å². The summed E-state index contributed by atoms with van der Waals surface area (Å²) >= 11 is 0. The second-order valence-electron chi connectivity index (χ2n) is 8.70. The van der Waals surface area contributed by atoms with Crippen LogP contribution < -0.4 is 24.3 Å². The standard InChI is InChI=1S/C31H31NO4/c1-5-6-12-24-26(16-22(30(33-3)31(24)34-4)15-20-10-8-7-9-11-20)23-14-13-21-17-27-28(36-19-35-27)18-25(21)29(23)32-2/h6-14,16-18,32H,5,15,19H2,1-4H3. The number of hydrogen-bond acceptors (Lipinski definition) is 5. The van der Waals surface area contributed by atoms with Gasteiger partial charge in [-0.05, 0) is 41.1 Å². The van der Waals surface area contributed by atoms with Crippen molar-refractivity contribution < 1.29 is 18.9 Å². The van der Waals surface area contributed by atoms with Gasteiger partial charge in [0.05, 0.1) is 14.2 Å². The Labute approximate surface area is 212 Å². The van der Waals surface area contributed by atoms with Gasteiger partial charge in [0.15, 0.2) is 23.0 Å². The largest absolute Gasteiger partial charge is 0.493 e. The molecular weight excluding hydrogens is 450 g/mol. The van der Waals surface area contributed by atoms with Gasteiger partial charge in [0.25, 0.3) is 0 Å². The molecule has 36 heavy (non-hydrogen) atoms. The van der Waals surface area contributed by atoms with E-state index in [2.05, 4.69) is 72.9 Å². The Kier molecular flexibility index (Phi) is 6.72. The number of hydrogen-bond donors (Lipinski definition) is 1. The van der Waals surface area contributed by atoms with Crippen molar-refractivity contribution in [2.24, 2.45) is 0 Å². The minimum Gasteiger partial charge on any atom is -0.493 e. The van der Waals surface area contributed by atoms with Crippen LogP contribution in [-0.2, 0) is 6.42 Å². The number of allylic oxidation sites excluding steroid dienone is 1. The molecule has 0 bridgehead atoms. The van der Waals surface area contributed by atoms with Crippen LogP contribution in [0.3, 0.4) is 0 Å². The summed E-state index contributed by atoms with van der Waals surface area (Å²) in [6.07, 6.45) is 5.92. The average Bonchev–Trinajstić information content (AvgIpc) is 3.37. The first-order valence-corrected chi connectivity index (χ1v) is 12.2. The van der Waals surface area contributed by atoms with Crippen molar-refractivity contribution in [1.29, 1.82) is 0 Å². The maximum Gasteiger partial charge on any atom is 0.231 e. The monoisotopic (exact) mass is 481 g/mol. The van der Waals surface area contributed by atoms with Gasteiger partial charge in [-0.3, -0.25) is 0 Å². The number of ether oxygens (including phenoxy) is 4. The minimum atomic E-state index is 0.248. The molecule has 1 N–H and O–H groups in total. The first kappa shape index (κ1) is 23.6. The Hall–Kier alpha value is -4.12. The molecule has 5 nitrogen and oxygen atoms in total. The molecule has 4 aromatic rings. The maximum absolute atomic E-state index is 5.99. The predicted octanol–water partition coefficient (Wildman–Crippen LogP) is 7.31. The summed E-state index contributed by atoms with van der Waals surface area (Å²) in [5, 5.41) is 5.61. The molecule has 5 rings (SSSR count). The van der Waals surface area contributed by atoms with Crippen molar-refractivity contribution in [2.45, 2.75) is 19.8 Å². The van der Waals surface area contributed by atoms with Gasteiger partial charge in [-0.1, -0.05) is 61.5 Å². The third-order valence-electron chi connectivity index (χ3n) is 6.57. The van der Waals surface area contributed by atoms with E-state index >= 15 is 0 Å². The molecule has 0 amide bonds. The second kappa shape index (κ2) is 10.2. The lowest BCUT2D eigenvalue weighted by Gasteiger charge is -2.21. The van der Waals surface area contributed by atoms with Crippen LogP contribution in [0.1, 0.15) is 30.0 Å². The van der Waals surface area contributed by atoms with Crippen LogP contribution in [-0.4, -0.2) is 28.1 Å². The fourth-order valence-corrected chi connectivity index (χ4v) is 4.91. The molecule has 1 heterocycles. The molecule has 0 fully saturated rings. The van der Waals surface area contributed by atoms with E-state index in [0.717, 1.165) is 74.6 Å². The van der Waals surface area contributed by atoms with Crippen LogP contribution in [0, 0.1) is 0 Å². The molecule has 4 aromatic carbocycles. The first-order chi connectivity index (χ1) is 17.7. The molecule has 0 spiro atoms. The van der Waals surface area contributed by atoms with E-state index in [1.807, 2.05) is 19.2 Å². The maximum atomic E-state index is 5.99. The van der Waals surface area contributed by atoms with E-state index in [9.17, 15) is 0 Å². The zero-order chi connectivity index (χ0) is 25.1. The van der Waals surface area contributed by atoms with E-state index in [4.69, 9.17) is 18.9 Å². The summed E-state index contributed by atoms with van der Waals surface area (Å²) in [5.74, 6) is 3.04. The minimum absolute atomic E-state index is 0.248. The van der Waals surface area contributed by atoms with E-state index in [1.54, 1.807) is 14.2 Å². The number of rotatable bonds is 8. The number of nitrogens with one attached hydrogen (secondary N) is 1. The molecule has 1 aliphatic heterocycles. The van der Waals surface area contributed by atoms with Crippen molar-refractivity contribution in [3.63, 3.8) is 0 Å². The summed E-state index contributed by atoms with van der Waals surface area (Å²) in [5.41, 5.74) is 6.44. The average molecular weight is 482 g/mol. The summed E-state index contributed by atoms with van der Waals surface area (Å²) < 4.78 is 23.2. The number of benzene rings is 4. The Morgan fingerprint density at radius 2 is 1.64 bits per heavy atom. The fourth-order valence-electron chi connectivity index (χ4n) is 4.91. The Morgan fingerprint density at radius 1 is 0.889 bits per heavy atom. The van der Waals surface area contributed by atoms with Crippen molar-refractivity contribution in [3.05, 3.63) is 83.4 Å². The summed E-state index contributed by atoms with van der Waals surface area (Å²) in [6.45, 7) is 2.37. The van der Waals surface area contributed by atoms with Gasteiger partial charge in [0.1, 0.15) is 0 Å². The summed E-state index contributed by atoms with van der Waals surface area (Å²) in [6, 6.07) is 21.0. The lowest BCUT2D eigenvalue weighted by molar-refractivity contribution is 0.174. The first-order valence-electron chi connectivity index (χ1n) is 12.2. The van der Waals surface area contributed by atoms with Crippen molar-refractivity contribution in [3.8, 4) is 34.1 Å². The summed E-state index contributed by atoms with van der Waals surface area (Å²) in [4.78, 5) is 0. The molecule has 0 atom stereocenters. The van der Waals surface area contributed by atoms with Gasteiger partial charge in [-0.25, -0.2) is 0 Å². The lowest BCUT2D eigenvalue weighted by atomic mass is 9.90. The zero-order valence-electron chi connectivity index (χ0n) is 21.2. The Balaban J connectivity index is 1.78. The molecule has 0 aliphatic carbocycles. The quantitative estimate of drug-likeness (QED) is 0.286. The van der Waals surface area contributed by atoms with E-state index in [0.29, 0.717) is 0 Å². The highest BCUT2D eigenvalue weighted by molar-refractivity contribution is 6.04. The third kappa shape index (κ3) is 4.22. The van der Waals surface area contributed by atoms with Crippen molar-refractivity contribution in [1.82, 2.24) is 0 Å². The molecule has 0 aromatic heterocycles. The van der Waals surface area contributed by atoms with Gasteiger partial charge < -0.3 is 24.3 Å². The highest BCUT2D eigenvalue weighted by atomic mass is 16.7. The second-order valence-corrected chi connectivity index (χ2v) is 8.70. The van der Waals surface area contributed by atoms with Crippen LogP contribution in [0.4, 0.5) is 5.69 Å². The van der Waals surface area contributed by atoms with Crippen molar-refractivity contribution >= 4 is 22.5 Å². The SMILES string of the molecule is CCC=Cc1c(-c2ccc3cc4c(cc3c2NC)OCO4)cc(Cc2ccccc2)c(OC)c1OC. The molecule has 1 aliphatic rings. The highest BCUT2D eigenvalue weighted by Crippen LogP contribution is 2.47. The Morgan fingerprint density at radius 3 is 2.33 bits per heavy atom. The lowest BCUT2D eigenvalue weighted by Crippen LogP contribution is -2.03. The molecule has 0 saturated heterocycles. The van der Waals surface area contributed by atoms with Crippen LogP contribution in [0.5, 0.6) is 23.0 Å². The highest BCUT2D eigenvalue weighted by Gasteiger charge is 2.23. The van der Waals surface area contributed by atoms with E-state index in [1.165, 1.54) is 5.56 Å². The number of methoxy groups -OCH3 is 2. The number of fused-ring (bicyclic) bond motifs is 2. The molecule has 0 unspecified atom stereocenters. The summed E-state index contributed by atoms with van der Waals surface area (Å²) in [7, 11) is 5.37. The zero-order valence-corrected chi connectivity index (χ0v) is 21.2. The van der Waals surface area contributed by atoms with E-state index in [-0.39, 0.29) is 6.79 Å². The van der Waals surface area contributed by atoms with E-state index < -0.39 is 0 Å². The van der Waals surface area contributed by atoms with Gasteiger partial charge in [-0.15, -0.1) is 0 Å². The van der Waals surface area contributed by atoms with Crippen LogP contribution in [0.2, 0.25) is 0 Å². The third-order valence-corrected chi connectivity index (χ3v) is 6.57. The topological polar surface area (TPSA) is 49.0 Å². The van der Waals surface area contributed by atoms with Gasteiger partial charge in [-0.2, -0.15) is 0 Å². The molecular formula is C31H31NO4. The normalized spacial score (nSPS) is 12.3. The molecule has 5 heteroatoms. The molecule has 184 valence electrons. The molecule has 0 saturated carbocycles. The van der Waals surface area contributed by atoms with Crippen molar-refractivity contribution in [2.75, 3.05) is 33.4 Å². The molecule has 0 radical (unpaired) electrons. The predicted molar refractivity (Wildman–Crippen MR) is 147 cm³/mol. The van der Waals surface area contributed by atoms with Gasteiger partial charge in [0, 0.05) is 41.2 Å². The van der Waals surface area contributed by atoms with Crippen LogP contribution in [0.25, 0.3) is 28.0 Å². The Bertz CT molecular complexity index is 1430. The van der Waals surface area contributed by atoms with Crippen LogP contribution >= 0.6 is 0 Å². The smallest absolute Gasteiger partial charge is 0.231 e.